The lowest BCUT2D eigenvalue weighted by molar-refractivity contribution is 0.652. The Hall–Kier alpha value is -7.02. The predicted octanol–water partition coefficient (Wildman–Crippen LogP) is 16.6. The highest BCUT2D eigenvalue weighted by Crippen LogP contribution is 2.59. The molecule has 0 unspecified atom stereocenters. The first-order valence-corrected chi connectivity index (χ1v) is 21.4. The number of benzene rings is 11. The molecule has 0 atom stereocenters. The summed E-state index contributed by atoms with van der Waals surface area (Å²) in [6.45, 7) is 9.80. The maximum Gasteiger partial charge on any atom is 0.0159 e. The van der Waals surface area contributed by atoms with Gasteiger partial charge in [0.2, 0.25) is 0 Å². The zero-order chi connectivity index (χ0) is 40.1. The van der Waals surface area contributed by atoms with Crippen LogP contribution in [0.1, 0.15) is 49.9 Å². The smallest absolute Gasteiger partial charge is 0.0159 e. The second-order valence-corrected chi connectivity index (χ2v) is 18.3. The fourth-order valence-corrected chi connectivity index (χ4v) is 11.7. The van der Waals surface area contributed by atoms with E-state index in [2.05, 4.69) is 210 Å². The molecule has 13 rings (SSSR count). The first-order valence-electron chi connectivity index (χ1n) is 21.4. The summed E-state index contributed by atoms with van der Waals surface area (Å²) in [6.07, 6.45) is 0. The molecular weight excluding hydrogens is 721 g/mol. The summed E-state index contributed by atoms with van der Waals surface area (Å²) < 4.78 is 0. The van der Waals surface area contributed by atoms with Crippen LogP contribution in [0.15, 0.2) is 182 Å². The van der Waals surface area contributed by atoms with Crippen LogP contribution in [-0.4, -0.2) is 0 Å². The molecule has 0 N–H and O–H groups in total. The van der Waals surface area contributed by atoms with E-state index in [1.165, 1.54) is 131 Å². The van der Waals surface area contributed by atoms with Gasteiger partial charge in [-0.25, -0.2) is 0 Å². The molecule has 60 heavy (non-hydrogen) atoms. The van der Waals surface area contributed by atoms with Crippen molar-refractivity contribution in [2.75, 3.05) is 0 Å². The van der Waals surface area contributed by atoms with Gasteiger partial charge in [0.25, 0.3) is 0 Å². The predicted molar refractivity (Wildman–Crippen MR) is 257 cm³/mol. The van der Waals surface area contributed by atoms with Crippen molar-refractivity contribution in [1.29, 1.82) is 0 Å². The van der Waals surface area contributed by atoms with Crippen molar-refractivity contribution in [2.45, 2.75) is 38.5 Å². The monoisotopic (exact) mass is 762 g/mol. The Morgan fingerprint density at radius 2 is 0.583 bits per heavy atom. The zero-order valence-corrected chi connectivity index (χ0v) is 34.3. The number of fused-ring (bicyclic) bond motifs is 16. The van der Waals surface area contributed by atoms with Crippen molar-refractivity contribution in [1.82, 2.24) is 0 Å². The third kappa shape index (κ3) is 4.31. The molecule has 0 aliphatic heterocycles. The van der Waals surface area contributed by atoms with Gasteiger partial charge < -0.3 is 0 Å². The van der Waals surface area contributed by atoms with Crippen LogP contribution in [0.2, 0.25) is 0 Å². The van der Waals surface area contributed by atoms with Crippen LogP contribution in [0, 0.1) is 0 Å². The van der Waals surface area contributed by atoms with Crippen molar-refractivity contribution in [3.63, 3.8) is 0 Å². The fraction of sp³-hybridized carbons (Fsp3) is 0.100. The Labute approximate surface area is 350 Å². The normalized spacial score (nSPS) is 14.6. The van der Waals surface area contributed by atoms with Gasteiger partial charge in [-0.2, -0.15) is 0 Å². The molecule has 0 saturated heterocycles. The summed E-state index contributed by atoms with van der Waals surface area (Å²) in [4.78, 5) is 0. The van der Waals surface area contributed by atoms with Gasteiger partial charge in [-0.1, -0.05) is 179 Å². The second-order valence-electron chi connectivity index (χ2n) is 18.3. The summed E-state index contributed by atoms with van der Waals surface area (Å²) in [5.41, 5.74) is 16.0. The molecule has 0 nitrogen and oxygen atoms in total. The van der Waals surface area contributed by atoms with Crippen LogP contribution < -0.4 is 0 Å². The Morgan fingerprint density at radius 3 is 1.15 bits per heavy atom. The van der Waals surface area contributed by atoms with Crippen molar-refractivity contribution in [2.24, 2.45) is 0 Å². The molecule has 0 fully saturated rings. The van der Waals surface area contributed by atoms with E-state index >= 15 is 0 Å². The SMILES string of the molecule is CC1(C)c2cc3c(cc2-c2cc4c5ccccc5c5ccccc5c4cc21)C(C)(C)c1cc(-c2c4ccccc4c(-c4ccccc4)c4ccccc24)c2ccccc2c1-3. The first-order chi connectivity index (χ1) is 29.3. The summed E-state index contributed by atoms with van der Waals surface area (Å²) in [7, 11) is 0. The third-order valence-electron chi connectivity index (χ3n) is 14.6. The summed E-state index contributed by atoms with van der Waals surface area (Å²) in [6, 6.07) is 69.0. The quantitative estimate of drug-likeness (QED) is 0.122. The number of hydrogen-bond acceptors (Lipinski definition) is 0. The molecule has 0 saturated carbocycles. The minimum absolute atomic E-state index is 0.165. The van der Waals surface area contributed by atoms with Crippen LogP contribution in [0.5, 0.6) is 0 Å². The molecule has 0 heterocycles. The Kier molecular flexibility index (Phi) is 6.67. The summed E-state index contributed by atoms with van der Waals surface area (Å²) in [5.74, 6) is 0. The van der Waals surface area contributed by atoms with Gasteiger partial charge in [0, 0.05) is 10.8 Å². The van der Waals surface area contributed by atoms with Gasteiger partial charge in [-0.3, -0.25) is 0 Å². The van der Waals surface area contributed by atoms with E-state index in [1.54, 1.807) is 0 Å². The van der Waals surface area contributed by atoms with E-state index in [4.69, 9.17) is 0 Å². The number of hydrogen-bond donors (Lipinski definition) is 0. The maximum atomic E-state index is 2.59. The lowest BCUT2D eigenvalue weighted by Crippen LogP contribution is -2.17. The first kappa shape index (κ1) is 33.9. The Morgan fingerprint density at radius 1 is 0.233 bits per heavy atom. The van der Waals surface area contributed by atoms with Crippen LogP contribution in [0.4, 0.5) is 0 Å². The highest BCUT2D eigenvalue weighted by molar-refractivity contribution is 6.27. The minimum atomic E-state index is -0.222. The number of rotatable bonds is 2. The van der Waals surface area contributed by atoms with Crippen molar-refractivity contribution in [3.05, 3.63) is 204 Å². The molecule has 0 spiro atoms. The van der Waals surface area contributed by atoms with E-state index < -0.39 is 0 Å². The van der Waals surface area contributed by atoms with E-state index in [9.17, 15) is 0 Å². The van der Waals surface area contributed by atoms with Crippen LogP contribution in [0.3, 0.4) is 0 Å². The third-order valence-corrected chi connectivity index (χ3v) is 14.6. The summed E-state index contributed by atoms with van der Waals surface area (Å²) in [5, 5.41) is 15.8. The molecule has 11 aromatic rings. The Bertz CT molecular complexity index is 3630. The lowest BCUT2D eigenvalue weighted by atomic mass is 9.78. The van der Waals surface area contributed by atoms with Gasteiger partial charge in [-0.15, -0.1) is 0 Å². The zero-order valence-electron chi connectivity index (χ0n) is 34.3. The molecule has 2 aliphatic carbocycles. The van der Waals surface area contributed by atoms with Crippen molar-refractivity contribution >= 4 is 64.6 Å². The highest BCUT2D eigenvalue weighted by atomic mass is 14.5. The molecule has 282 valence electrons. The van der Waals surface area contributed by atoms with Crippen LogP contribution in [0.25, 0.3) is 109 Å². The van der Waals surface area contributed by atoms with Crippen molar-refractivity contribution in [3.8, 4) is 44.5 Å². The van der Waals surface area contributed by atoms with Gasteiger partial charge in [0.15, 0.2) is 0 Å². The van der Waals surface area contributed by atoms with Gasteiger partial charge in [0.05, 0.1) is 0 Å². The van der Waals surface area contributed by atoms with Gasteiger partial charge in [-0.05, 0) is 162 Å². The summed E-state index contributed by atoms with van der Waals surface area (Å²) >= 11 is 0. The van der Waals surface area contributed by atoms with E-state index in [-0.39, 0.29) is 10.8 Å². The van der Waals surface area contributed by atoms with E-state index in [0.717, 1.165) is 0 Å². The Balaban J connectivity index is 1.08. The van der Waals surface area contributed by atoms with Gasteiger partial charge in [0.1, 0.15) is 0 Å². The molecule has 0 aromatic heterocycles. The topological polar surface area (TPSA) is 0 Å². The minimum Gasteiger partial charge on any atom is -0.0622 e. The van der Waals surface area contributed by atoms with Crippen LogP contribution >= 0.6 is 0 Å². The molecule has 2 aliphatic rings. The van der Waals surface area contributed by atoms with Crippen molar-refractivity contribution < 1.29 is 0 Å². The average Bonchev–Trinajstić information content (AvgIpc) is 3.65. The molecule has 0 radical (unpaired) electrons. The van der Waals surface area contributed by atoms with E-state index in [0.29, 0.717) is 0 Å². The molecule has 11 aromatic carbocycles. The van der Waals surface area contributed by atoms with Crippen LogP contribution in [-0.2, 0) is 10.8 Å². The molecule has 0 amide bonds. The molecule has 0 bridgehead atoms. The maximum absolute atomic E-state index is 2.59. The van der Waals surface area contributed by atoms with Gasteiger partial charge >= 0.3 is 0 Å². The molecular formula is C60H42. The fourth-order valence-electron chi connectivity index (χ4n) is 11.7. The largest absolute Gasteiger partial charge is 0.0622 e. The highest BCUT2D eigenvalue weighted by Gasteiger charge is 2.43. The lowest BCUT2D eigenvalue weighted by Gasteiger charge is -2.25. The second kappa shape index (κ2) is 11.8. The standard InChI is InChI=1S/C60H42/c1-59(2)52-31-47-39-23-11-9-21-37(39)36-20-8-10-22-38(36)46(47)30-48(52)49-32-54-51(34-53(49)59)58-41-25-13-12-24-40(41)50(33-55(58)60(54,3)4)57-44-28-16-14-26-42(44)56(35-18-6-5-7-19-35)43-27-15-17-29-45(43)57/h5-34H,1-4H3. The molecule has 0 heteroatoms. The van der Waals surface area contributed by atoms with E-state index in [1.807, 2.05) is 0 Å². The average molecular weight is 763 g/mol.